The smallest absolute Gasteiger partial charge is 0.0191 e. The maximum Gasteiger partial charge on any atom is 0.0191 e. The Morgan fingerprint density at radius 2 is 2.06 bits per heavy atom. The van der Waals surface area contributed by atoms with Gasteiger partial charge in [-0.2, -0.15) is 0 Å². The molecule has 1 aromatic carbocycles. The molecule has 3 N–H and O–H groups in total. The molecular formula is C15H24N2. The van der Waals surface area contributed by atoms with Crippen LogP contribution in [0.2, 0.25) is 0 Å². The van der Waals surface area contributed by atoms with Crippen molar-refractivity contribution in [2.75, 3.05) is 6.54 Å². The van der Waals surface area contributed by atoms with Gasteiger partial charge in [-0.05, 0) is 17.9 Å². The fraction of sp³-hybridized carbons (Fsp3) is 0.600. The van der Waals surface area contributed by atoms with Crippen molar-refractivity contribution >= 4 is 0 Å². The van der Waals surface area contributed by atoms with E-state index in [0.29, 0.717) is 17.9 Å². The normalized spacial score (nSPS) is 26.5. The summed E-state index contributed by atoms with van der Waals surface area (Å²) in [5, 5.41) is 3.60. The van der Waals surface area contributed by atoms with E-state index in [1.54, 1.807) is 0 Å². The van der Waals surface area contributed by atoms with Crippen molar-refractivity contribution in [1.29, 1.82) is 0 Å². The fourth-order valence-corrected chi connectivity index (χ4v) is 2.28. The van der Waals surface area contributed by atoms with Crippen LogP contribution < -0.4 is 11.1 Å². The molecule has 0 aliphatic heterocycles. The second-order valence-corrected chi connectivity index (χ2v) is 5.32. The molecule has 1 fully saturated rings. The van der Waals surface area contributed by atoms with Gasteiger partial charge in [-0.1, -0.05) is 50.6 Å². The van der Waals surface area contributed by atoms with Gasteiger partial charge in [0.1, 0.15) is 0 Å². The summed E-state index contributed by atoms with van der Waals surface area (Å²) in [5.41, 5.74) is 7.59. The zero-order chi connectivity index (χ0) is 12.3. The predicted octanol–water partition coefficient (Wildman–Crippen LogP) is 2.51. The van der Waals surface area contributed by atoms with Crippen LogP contribution in [0.15, 0.2) is 30.3 Å². The molecule has 1 aromatic rings. The Hall–Kier alpha value is -0.860. The number of rotatable bonds is 6. The minimum atomic E-state index is 0.289. The Kier molecular flexibility index (Phi) is 4.19. The summed E-state index contributed by atoms with van der Waals surface area (Å²) in [6, 6.07) is 11.7. The molecule has 4 atom stereocenters. The molecule has 17 heavy (non-hydrogen) atoms. The average molecular weight is 232 g/mol. The first-order valence-corrected chi connectivity index (χ1v) is 6.76. The molecular weight excluding hydrogens is 208 g/mol. The number of benzene rings is 1. The lowest BCUT2D eigenvalue weighted by atomic mass is 10.0. The fourth-order valence-electron chi connectivity index (χ4n) is 2.28. The molecule has 0 aromatic heterocycles. The van der Waals surface area contributed by atoms with Crippen LogP contribution in [0.25, 0.3) is 0 Å². The average Bonchev–Trinajstić information content (AvgIpc) is 3.15. The van der Waals surface area contributed by atoms with Crippen molar-refractivity contribution in [3.05, 3.63) is 35.9 Å². The zero-order valence-electron chi connectivity index (χ0n) is 10.9. The van der Waals surface area contributed by atoms with Gasteiger partial charge in [0.25, 0.3) is 0 Å². The van der Waals surface area contributed by atoms with E-state index in [2.05, 4.69) is 49.5 Å². The van der Waals surface area contributed by atoms with Crippen LogP contribution in [-0.2, 0) is 0 Å². The molecule has 0 heterocycles. The van der Waals surface area contributed by atoms with Gasteiger partial charge < -0.3 is 11.1 Å². The minimum Gasteiger partial charge on any atom is -0.326 e. The molecule has 0 saturated heterocycles. The van der Waals surface area contributed by atoms with Crippen LogP contribution in [0.4, 0.5) is 0 Å². The van der Waals surface area contributed by atoms with Gasteiger partial charge in [0.05, 0.1) is 0 Å². The summed E-state index contributed by atoms with van der Waals surface area (Å²) in [6.45, 7) is 5.38. The Morgan fingerprint density at radius 1 is 1.35 bits per heavy atom. The van der Waals surface area contributed by atoms with Gasteiger partial charge in [-0.25, -0.2) is 0 Å². The first kappa shape index (κ1) is 12.6. The van der Waals surface area contributed by atoms with Crippen LogP contribution in [0.1, 0.15) is 38.2 Å². The standard InChI is InChI=1S/C15H24N2/c1-3-11(2)14(16)10-17-15-9-13(15)12-7-5-4-6-8-12/h4-8,11,13-15,17H,3,9-10,16H2,1-2H3/t11?,13?,14-,15?/m1/s1. The Balaban J connectivity index is 1.74. The third-order valence-electron chi connectivity index (χ3n) is 4.01. The van der Waals surface area contributed by atoms with Crippen molar-refractivity contribution in [2.45, 2.75) is 44.7 Å². The SMILES string of the molecule is CCC(C)[C@H](N)CNC1CC1c1ccccc1. The van der Waals surface area contributed by atoms with E-state index in [0.717, 1.165) is 13.0 Å². The van der Waals surface area contributed by atoms with Crippen LogP contribution >= 0.6 is 0 Å². The van der Waals surface area contributed by atoms with Crippen LogP contribution in [0.5, 0.6) is 0 Å². The monoisotopic (exact) mass is 232 g/mol. The summed E-state index contributed by atoms with van der Waals surface area (Å²) in [7, 11) is 0. The lowest BCUT2D eigenvalue weighted by molar-refractivity contribution is 0.416. The predicted molar refractivity (Wildman–Crippen MR) is 73.0 cm³/mol. The molecule has 1 saturated carbocycles. The van der Waals surface area contributed by atoms with Crippen molar-refractivity contribution in [2.24, 2.45) is 11.7 Å². The third-order valence-corrected chi connectivity index (χ3v) is 4.01. The van der Waals surface area contributed by atoms with Crippen LogP contribution in [-0.4, -0.2) is 18.6 Å². The first-order chi connectivity index (χ1) is 8.22. The summed E-state index contributed by atoms with van der Waals surface area (Å²) in [5.74, 6) is 1.32. The highest BCUT2D eigenvalue weighted by molar-refractivity contribution is 5.27. The number of hydrogen-bond acceptors (Lipinski definition) is 2. The minimum absolute atomic E-state index is 0.289. The molecule has 0 bridgehead atoms. The Bertz CT molecular complexity index is 336. The van der Waals surface area contributed by atoms with E-state index in [4.69, 9.17) is 5.73 Å². The van der Waals surface area contributed by atoms with E-state index in [1.165, 1.54) is 12.0 Å². The largest absolute Gasteiger partial charge is 0.326 e. The van der Waals surface area contributed by atoms with Crippen molar-refractivity contribution in [3.8, 4) is 0 Å². The maximum absolute atomic E-state index is 6.13. The zero-order valence-corrected chi connectivity index (χ0v) is 10.9. The van der Waals surface area contributed by atoms with Crippen LogP contribution in [0, 0.1) is 5.92 Å². The quantitative estimate of drug-likeness (QED) is 0.791. The van der Waals surface area contributed by atoms with Gasteiger partial charge in [-0.15, -0.1) is 0 Å². The summed E-state index contributed by atoms with van der Waals surface area (Å²) in [6.07, 6.45) is 2.42. The summed E-state index contributed by atoms with van der Waals surface area (Å²) in [4.78, 5) is 0. The molecule has 0 radical (unpaired) electrons. The molecule has 3 unspecified atom stereocenters. The van der Waals surface area contributed by atoms with Crippen LogP contribution in [0.3, 0.4) is 0 Å². The van der Waals surface area contributed by atoms with Crippen molar-refractivity contribution in [1.82, 2.24) is 5.32 Å². The highest BCUT2D eigenvalue weighted by Gasteiger charge is 2.37. The lowest BCUT2D eigenvalue weighted by Crippen LogP contribution is -2.39. The van der Waals surface area contributed by atoms with E-state index < -0.39 is 0 Å². The van der Waals surface area contributed by atoms with Gasteiger partial charge in [0, 0.05) is 24.5 Å². The van der Waals surface area contributed by atoms with E-state index in [1.807, 2.05) is 0 Å². The molecule has 0 amide bonds. The van der Waals surface area contributed by atoms with Gasteiger partial charge in [0.2, 0.25) is 0 Å². The van der Waals surface area contributed by atoms with E-state index in [9.17, 15) is 0 Å². The summed E-state index contributed by atoms with van der Waals surface area (Å²) < 4.78 is 0. The van der Waals surface area contributed by atoms with E-state index >= 15 is 0 Å². The second-order valence-electron chi connectivity index (χ2n) is 5.32. The molecule has 1 aliphatic carbocycles. The molecule has 2 rings (SSSR count). The molecule has 2 nitrogen and oxygen atoms in total. The number of nitrogens with one attached hydrogen (secondary N) is 1. The molecule has 94 valence electrons. The Morgan fingerprint density at radius 3 is 2.71 bits per heavy atom. The van der Waals surface area contributed by atoms with Gasteiger partial charge >= 0.3 is 0 Å². The molecule has 2 heteroatoms. The van der Waals surface area contributed by atoms with Gasteiger partial charge in [0.15, 0.2) is 0 Å². The molecule has 0 spiro atoms. The Labute approximate surface area is 105 Å². The van der Waals surface area contributed by atoms with Gasteiger partial charge in [-0.3, -0.25) is 0 Å². The number of nitrogens with two attached hydrogens (primary N) is 1. The number of hydrogen-bond donors (Lipinski definition) is 2. The topological polar surface area (TPSA) is 38.0 Å². The first-order valence-electron chi connectivity index (χ1n) is 6.76. The highest BCUT2D eigenvalue weighted by Crippen LogP contribution is 2.40. The maximum atomic E-state index is 6.13. The second kappa shape index (κ2) is 5.65. The van der Waals surface area contributed by atoms with E-state index in [-0.39, 0.29) is 6.04 Å². The third kappa shape index (κ3) is 3.30. The molecule has 1 aliphatic rings. The highest BCUT2D eigenvalue weighted by atomic mass is 15.0. The van der Waals surface area contributed by atoms with Crippen molar-refractivity contribution in [3.63, 3.8) is 0 Å². The summed E-state index contributed by atoms with van der Waals surface area (Å²) >= 11 is 0. The lowest BCUT2D eigenvalue weighted by Gasteiger charge is -2.18. The van der Waals surface area contributed by atoms with Crippen molar-refractivity contribution < 1.29 is 0 Å².